The average Bonchev–Trinajstić information content (AvgIpc) is 3.17. The minimum Gasteiger partial charge on any atom is -0.493 e. The summed E-state index contributed by atoms with van der Waals surface area (Å²) in [4.78, 5) is 0. The zero-order valence-electron chi connectivity index (χ0n) is 19.9. The molecule has 0 bridgehead atoms. The van der Waals surface area contributed by atoms with Gasteiger partial charge in [-0.1, -0.05) is 56.3 Å². The predicted octanol–water partition coefficient (Wildman–Crippen LogP) is 6.38. The van der Waals surface area contributed by atoms with Crippen LogP contribution in [0, 0.1) is 11.8 Å². The van der Waals surface area contributed by atoms with Gasteiger partial charge in [-0.05, 0) is 52.8 Å². The van der Waals surface area contributed by atoms with E-state index in [1.54, 1.807) is 21.3 Å². The zero-order chi connectivity index (χ0) is 23.4. The molecule has 0 amide bonds. The molecule has 0 radical (unpaired) electrons. The molecule has 0 aromatic heterocycles. The van der Waals surface area contributed by atoms with Gasteiger partial charge < -0.3 is 23.7 Å². The molecule has 5 heteroatoms. The SMILES string of the molecule is COc1ccc([C@H]2O[C@H](c3ccc(OCc4ccccc4)c(OC)c3)[C@@H](C)[C@@H]2C)cc1OC. The molecule has 174 valence electrons. The standard InChI is InChI=1S/C28H32O5/c1-18-19(2)28(33-27(18)21-11-13-23(29-3)25(15-21)30-4)22-12-14-24(26(16-22)31-5)32-17-20-9-7-6-8-10-20/h6-16,18-19,27-28H,17H2,1-5H3/t18-,19-,27-,28-/m0/s1. The van der Waals surface area contributed by atoms with Crippen molar-refractivity contribution in [3.8, 4) is 23.0 Å². The van der Waals surface area contributed by atoms with E-state index in [0.29, 0.717) is 35.7 Å². The Bertz CT molecular complexity index is 1070. The minimum atomic E-state index is -0.0461. The molecule has 0 aliphatic carbocycles. The van der Waals surface area contributed by atoms with Crippen LogP contribution < -0.4 is 18.9 Å². The third-order valence-corrected chi connectivity index (χ3v) is 6.57. The van der Waals surface area contributed by atoms with E-state index in [-0.39, 0.29) is 12.2 Å². The number of ether oxygens (including phenoxy) is 5. The van der Waals surface area contributed by atoms with Crippen molar-refractivity contribution in [3.63, 3.8) is 0 Å². The molecular formula is C28H32O5. The Morgan fingerprint density at radius 2 is 1.15 bits per heavy atom. The van der Waals surface area contributed by atoms with E-state index in [1.165, 1.54) is 0 Å². The fraction of sp³-hybridized carbons (Fsp3) is 0.357. The topological polar surface area (TPSA) is 46.2 Å². The van der Waals surface area contributed by atoms with Crippen LogP contribution in [0.5, 0.6) is 23.0 Å². The lowest BCUT2D eigenvalue weighted by atomic mass is 9.85. The summed E-state index contributed by atoms with van der Waals surface area (Å²) in [6.45, 7) is 4.97. The molecule has 4 rings (SSSR count). The lowest BCUT2D eigenvalue weighted by Crippen LogP contribution is -2.10. The highest BCUT2D eigenvalue weighted by molar-refractivity contribution is 5.45. The van der Waals surface area contributed by atoms with E-state index < -0.39 is 0 Å². The highest BCUT2D eigenvalue weighted by atomic mass is 16.5. The van der Waals surface area contributed by atoms with Crippen LogP contribution in [0.2, 0.25) is 0 Å². The van der Waals surface area contributed by atoms with Crippen molar-refractivity contribution in [2.24, 2.45) is 11.8 Å². The van der Waals surface area contributed by atoms with Gasteiger partial charge in [-0.2, -0.15) is 0 Å². The first kappa shape index (κ1) is 23.0. The second-order valence-electron chi connectivity index (χ2n) is 8.49. The Hall–Kier alpha value is -3.18. The van der Waals surface area contributed by atoms with Crippen molar-refractivity contribution in [1.82, 2.24) is 0 Å². The van der Waals surface area contributed by atoms with E-state index in [1.807, 2.05) is 54.6 Å². The van der Waals surface area contributed by atoms with Gasteiger partial charge >= 0.3 is 0 Å². The molecule has 0 unspecified atom stereocenters. The van der Waals surface area contributed by atoms with Crippen LogP contribution in [0.15, 0.2) is 66.7 Å². The van der Waals surface area contributed by atoms with E-state index in [4.69, 9.17) is 23.7 Å². The quantitative estimate of drug-likeness (QED) is 0.400. The van der Waals surface area contributed by atoms with E-state index in [0.717, 1.165) is 22.4 Å². The van der Waals surface area contributed by atoms with Crippen molar-refractivity contribution in [2.75, 3.05) is 21.3 Å². The smallest absolute Gasteiger partial charge is 0.161 e. The second-order valence-corrected chi connectivity index (χ2v) is 8.49. The maximum absolute atomic E-state index is 6.61. The highest BCUT2D eigenvalue weighted by Gasteiger charge is 2.41. The first-order chi connectivity index (χ1) is 16.0. The molecule has 1 aliphatic heterocycles. The maximum Gasteiger partial charge on any atom is 0.161 e. The molecular weight excluding hydrogens is 416 g/mol. The molecule has 1 aliphatic rings. The predicted molar refractivity (Wildman–Crippen MR) is 128 cm³/mol. The molecule has 0 N–H and O–H groups in total. The summed E-state index contributed by atoms with van der Waals surface area (Å²) < 4.78 is 29.2. The summed E-state index contributed by atoms with van der Waals surface area (Å²) in [6.07, 6.45) is -0.0834. The van der Waals surface area contributed by atoms with Crippen molar-refractivity contribution in [3.05, 3.63) is 83.4 Å². The summed E-state index contributed by atoms with van der Waals surface area (Å²) in [5.74, 6) is 3.51. The van der Waals surface area contributed by atoms with Crippen LogP contribution >= 0.6 is 0 Å². The maximum atomic E-state index is 6.61. The normalized spacial score (nSPS) is 22.1. The van der Waals surface area contributed by atoms with Crippen LogP contribution in [0.25, 0.3) is 0 Å². The fourth-order valence-electron chi connectivity index (χ4n) is 4.47. The van der Waals surface area contributed by atoms with Crippen LogP contribution in [-0.2, 0) is 11.3 Å². The van der Waals surface area contributed by atoms with Crippen LogP contribution in [0.1, 0.15) is 42.7 Å². The Morgan fingerprint density at radius 1 is 0.636 bits per heavy atom. The number of hydrogen-bond acceptors (Lipinski definition) is 5. The first-order valence-electron chi connectivity index (χ1n) is 11.3. The summed E-state index contributed by atoms with van der Waals surface area (Å²) in [5, 5.41) is 0. The Morgan fingerprint density at radius 3 is 1.70 bits per heavy atom. The van der Waals surface area contributed by atoms with E-state index >= 15 is 0 Å². The first-order valence-corrected chi connectivity index (χ1v) is 11.3. The van der Waals surface area contributed by atoms with Crippen LogP contribution in [0.4, 0.5) is 0 Å². The van der Waals surface area contributed by atoms with Gasteiger partial charge in [0, 0.05) is 0 Å². The molecule has 33 heavy (non-hydrogen) atoms. The third kappa shape index (κ3) is 4.79. The average molecular weight is 449 g/mol. The number of hydrogen-bond donors (Lipinski definition) is 0. The van der Waals surface area contributed by atoms with Gasteiger partial charge in [0.25, 0.3) is 0 Å². The summed E-state index contributed by atoms with van der Waals surface area (Å²) in [7, 11) is 4.97. The molecule has 1 heterocycles. The van der Waals surface area contributed by atoms with Crippen LogP contribution in [0.3, 0.4) is 0 Å². The number of methoxy groups -OCH3 is 3. The molecule has 5 nitrogen and oxygen atoms in total. The molecule has 1 saturated heterocycles. The monoisotopic (exact) mass is 448 g/mol. The fourth-order valence-corrected chi connectivity index (χ4v) is 4.47. The molecule has 3 aromatic carbocycles. The van der Waals surface area contributed by atoms with Gasteiger partial charge in [-0.3, -0.25) is 0 Å². The number of benzene rings is 3. The molecule has 3 aromatic rings. The summed E-state index contributed by atoms with van der Waals surface area (Å²) in [6, 6.07) is 22.2. The molecule has 4 atom stereocenters. The van der Waals surface area contributed by atoms with Crippen molar-refractivity contribution in [1.29, 1.82) is 0 Å². The van der Waals surface area contributed by atoms with Crippen molar-refractivity contribution in [2.45, 2.75) is 32.7 Å². The van der Waals surface area contributed by atoms with Gasteiger partial charge in [0.15, 0.2) is 23.0 Å². The molecule has 0 spiro atoms. The number of rotatable bonds is 8. The Balaban J connectivity index is 1.54. The second kappa shape index (κ2) is 10.2. The Kier molecular flexibility index (Phi) is 7.09. The lowest BCUT2D eigenvalue weighted by Gasteiger charge is -2.19. The highest BCUT2D eigenvalue weighted by Crippen LogP contribution is 2.50. The molecule has 1 fully saturated rings. The lowest BCUT2D eigenvalue weighted by molar-refractivity contribution is 0.0287. The van der Waals surface area contributed by atoms with Gasteiger partial charge in [-0.25, -0.2) is 0 Å². The van der Waals surface area contributed by atoms with Gasteiger partial charge in [0.05, 0.1) is 33.5 Å². The Labute approximate surface area is 196 Å². The minimum absolute atomic E-state index is 0.0372. The van der Waals surface area contributed by atoms with Gasteiger partial charge in [0.1, 0.15) is 6.61 Å². The van der Waals surface area contributed by atoms with Crippen LogP contribution in [-0.4, -0.2) is 21.3 Å². The van der Waals surface area contributed by atoms with E-state index in [2.05, 4.69) is 26.0 Å². The van der Waals surface area contributed by atoms with Gasteiger partial charge in [0.2, 0.25) is 0 Å². The largest absolute Gasteiger partial charge is 0.493 e. The third-order valence-electron chi connectivity index (χ3n) is 6.57. The van der Waals surface area contributed by atoms with Crippen molar-refractivity contribution < 1.29 is 23.7 Å². The van der Waals surface area contributed by atoms with Gasteiger partial charge in [-0.15, -0.1) is 0 Å². The van der Waals surface area contributed by atoms with Crippen molar-refractivity contribution >= 4 is 0 Å². The molecule has 0 saturated carbocycles. The zero-order valence-corrected chi connectivity index (χ0v) is 19.9. The summed E-state index contributed by atoms with van der Waals surface area (Å²) in [5.41, 5.74) is 3.29. The van der Waals surface area contributed by atoms with E-state index in [9.17, 15) is 0 Å². The summed E-state index contributed by atoms with van der Waals surface area (Å²) >= 11 is 0.